The molecule has 186 valence electrons. The highest BCUT2D eigenvalue weighted by atomic mass is 32.2. The number of thiazole rings is 1. The molecule has 0 bridgehead atoms. The van der Waals surface area contributed by atoms with Gasteiger partial charge in [0.15, 0.2) is 32.5 Å². The largest absolute Gasteiger partial charge is 0.477 e. The standard InChI is InChI=1S/C20H20F5N3O4S2/c1-34(30,31)16-9-12(21)15(8-13(16)22)32-14-4-7-28(18(14)29)11-2-5-27(6-3-11)17-10-26-19(33-17)20(23,24)25/h8-11,14H,2-7H2,1H3/t14-/m0/s1. The fourth-order valence-electron chi connectivity index (χ4n) is 4.13. The average Bonchev–Trinajstić information content (AvgIpc) is 3.38. The molecule has 2 aromatic rings. The number of hydrogen-bond acceptors (Lipinski definition) is 7. The van der Waals surface area contributed by atoms with Crippen molar-refractivity contribution < 1.29 is 39.9 Å². The third kappa shape index (κ3) is 4.97. The number of alkyl halides is 3. The summed E-state index contributed by atoms with van der Waals surface area (Å²) in [6.07, 6.45) is -2.33. The number of likely N-dealkylation sites (tertiary alicyclic amines) is 1. The van der Waals surface area contributed by atoms with E-state index in [9.17, 15) is 35.2 Å². The zero-order valence-electron chi connectivity index (χ0n) is 17.8. The Morgan fingerprint density at radius 1 is 1.09 bits per heavy atom. The summed E-state index contributed by atoms with van der Waals surface area (Å²) < 4.78 is 95.2. The molecule has 1 atom stereocenters. The van der Waals surface area contributed by atoms with Crippen LogP contribution in [0.25, 0.3) is 0 Å². The van der Waals surface area contributed by atoms with E-state index < -0.39 is 55.3 Å². The summed E-state index contributed by atoms with van der Waals surface area (Å²) in [5, 5.41) is -0.498. The van der Waals surface area contributed by atoms with Gasteiger partial charge in [-0.3, -0.25) is 4.79 Å². The van der Waals surface area contributed by atoms with Crippen LogP contribution in [0.4, 0.5) is 27.0 Å². The van der Waals surface area contributed by atoms with Crippen LogP contribution in [-0.2, 0) is 20.8 Å². The van der Waals surface area contributed by atoms with Gasteiger partial charge in [-0.25, -0.2) is 22.2 Å². The molecule has 7 nitrogen and oxygen atoms in total. The third-order valence-electron chi connectivity index (χ3n) is 5.80. The molecule has 1 amide bonds. The minimum absolute atomic E-state index is 0.165. The van der Waals surface area contributed by atoms with Crippen LogP contribution in [0.1, 0.15) is 24.3 Å². The summed E-state index contributed by atoms with van der Waals surface area (Å²) in [6, 6.07) is 0.975. The molecule has 1 aromatic carbocycles. The van der Waals surface area contributed by atoms with Crippen LogP contribution in [-0.4, -0.2) is 62.2 Å². The molecule has 3 heterocycles. The summed E-state index contributed by atoms with van der Waals surface area (Å²) in [4.78, 5) is 18.9. The number of aromatic nitrogens is 1. The summed E-state index contributed by atoms with van der Waals surface area (Å²) in [6.45, 7) is 1.21. The quantitative estimate of drug-likeness (QED) is 0.557. The molecule has 0 N–H and O–H groups in total. The number of carbonyl (C=O) groups is 1. The first-order chi connectivity index (χ1) is 15.8. The highest BCUT2D eigenvalue weighted by Gasteiger charge is 2.40. The van der Waals surface area contributed by atoms with Crippen molar-refractivity contribution in [2.45, 2.75) is 42.5 Å². The van der Waals surface area contributed by atoms with Gasteiger partial charge >= 0.3 is 6.18 Å². The van der Waals surface area contributed by atoms with E-state index >= 15 is 0 Å². The van der Waals surface area contributed by atoms with E-state index in [-0.39, 0.29) is 12.5 Å². The Morgan fingerprint density at radius 3 is 2.35 bits per heavy atom. The van der Waals surface area contributed by atoms with Gasteiger partial charge in [-0.1, -0.05) is 11.3 Å². The Morgan fingerprint density at radius 2 is 1.76 bits per heavy atom. The first kappa shape index (κ1) is 24.6. The van der Waals surface area contributed by atoms with Crippen LogP contribution < -0.4 is 9.64 Å². The van der Waals surface area contributed by atoms with E-state index in [4.69, 9.17) is 4.74 Å². The molecule has 34 heavy (non-hydrogen) atoms. The van der Waals surface area contributed by atoms with Crippen LogP contribution in [0.5, 0.6) is 5.75 Å². The second kappa shape index (κ2) is 8.95. The van der Waals surface area contributed by atoms with Crippen molar-refractivity contribution in [2.24, 2.45) is 0 Å². The number of sulfone groups is 1. The van der Waals surface area contributed by atoms with Crippen LogP contribution in [0.15, 0.2) is 23.2 Å². The number of nitrogens with zero attached hydrogens (tertiary/aromatic N) is 3. The van der Waals surface area contributed by atoms with Gasteiger partial charge in [-0.2, -0.15) is 13.2 Å². The third-order valence-corrected chi connectivity index (χ3v) is 8.01. The van der Waals surface area contributed by atoms with Crippen molar-refractivity contribution in [1.29, 1.82) is 0 Å². The molecular weight excluding hydrogens is 505 g/mol. The Balaban J connectivity index is 1.37. The van der Waals surface area contributed by atoms with Gasteiger partial charge in [0.05, 0.1) is 6.20 Å². The average molecular weight is 526 g/mol. The van der Waals surface area contributed by atoms with E-state index in [1.165, 1.54) is 6.20 Å². The lowest BCUT2D eigenvalue weighted by Gasteiger charge is -2.37. The number of piperidine rings is 1. The SMILES string of the molecule is CS(=O)(=O)c1cc(F)c(O[C@H]2CCN(C3CCN(c4cnc(C(F)(F)F)s4)CC3)C2=O)cc1F. The molecule has 0 saturated carbocycles. The molecule has 2 saturated heterocycles. The first-order valence-corrected chi connectivity index (χ1v) is 13.0. The molecule has 1 aromatic heterocycles. The lowest BCUT2D eigenvalue weighted by molar-refractivity contribution is -0.137. The van der Waals surface area contributed by atoms with Crippen molar-refractivity contribution in [1.82, 2.24) is 9.88 Å². The minimum atomic E-state index is -4.49. The number of benzene rings is 1. The molecule has 2 aliphatic heterocycles. The fourth-order valence-corrected chi connectivity index (χ4v) is 5.69. The molecule has 0 unspecified atom stereocenters. The van der Waals surface area contributed by atoms with Gasteiger partial charge in [-0.15, -0.1) is 0 Å². The van der Waals surface area contributed by atoms with E-state index in [0.29, 0.717) is 60.9 Å². The number of ether oxygens (including phenoxy) is 1. The second-order valence-corrected chi connectivity index (χ2v) is 11.1. The Bertz CT molecular complexity index is 1190. The van der Waals surface area contributed by atoms with Crippen molar-refractivity contribution >= 4 is 32.1 Å². The molecule has 2 aliphatic rings. The zero-order chi connectivity index (χ0) is 24.8. The summed E-state index contributed by atoms with van der Waals surface area (Å²) in [7, 11) is -3.97. The number of rotatable bonds is 5. The number of amides is 1. The highest BCUT2D eigenvalue weighted by molar-refractivity contribution is 7.90. The maximum Gasteiger partial charge on any atom is 0.443 e. The Labute approximate surface area is 196 Å². The normalized spacial score (nSPS) is 20.3. The van der Waals surface area contributed by atoms with Crippen molar-refractivity contribution in [3.05, 3.63) is 35.0 Å². The molecule has 4 rings (SSSR count). The number of carbonyl (C=O) groups excluding carboxylic acids is 1. The topological polar surface area (TPSA) is 79.8 Å². The van der Waals surface area contributed by atoms with Crippen molar-refractivity contribution in [2.75, 3.05) is 30.8 Å². The van der Waals surface area contributed by atoms with Gasteiger partial charge < -0.3 is 14.5 Å². The highest BCUT2D eigenvalue weighted by Crippen LogP contribution is 2.37. The first-order valence-electron chi connectivity index (χ1n) is 10.3. The van der Waals surface area contributed by atoms with Crippen LogP contribution >= 0.6 is 11.3 Å². The Hall–Kier alpha value is -2.48. The number of anilines is 1. The van der Waals surface area contributed by atoms with Gasteiger partial charge in [0.1, 0.15) is 15.7 Å². The molecule has 0 spiro atoms. The predicted octanol–water partition coefficient (Wildman–Crippen LogP) is 3.49. The lowest BCUT2D eigenvalue weighted by Crippen LogP contribution is -2.46. The van der Waals surface area contributed by atoms with Crippen LogP contribution in [0, 0.1) is 11.6 Å². The summed E-state index contributed by atoms with van der Waals surface area (Å²) in [5.41, 5.74) is 0. The maximum absolute atomic E-state index is 14.3. The van der Waals surface area contributed by atoms with E-state index in [1.54, 1.807) is 9.80 Å². The van der Waals surface area contributed by atoms with Gasteiger partial charge in [0, 0.05) is 44.4 Å². The van der Waals surface area contributed by atoms with E-state index in [1.807, 2.05) is 0 Å². The van der Waals surface area contributed by atoms with Crippen molar-refractivity contribution in [3.8, 4) is 5.75 Å². The van der Waals surface area contributed by atoms with Gasteiger partial charge in [0.25, 0.3) is 5.91 Å². The zero-order valence-corrected chi connectivity index (χ0v) is 19.4. The predicted molar refractivity (Wildman–Crippen MR) is 113 cm³/mol. The van der Waals surface area contributed by atoms with Gasteiger partial charge in [0.2, 0.25) is 0 Å². The fraction of sp³-hybridized carbons (Fsp3) is 0.500. The molecule has 0 radical (unpaired) electrons. The number of halogens is 5. The molecule has 2 fully saturated rings. The van der Waals surface area contributed by atoms with Crippen molar-refractivity contribution in [3.63, 3.8) is 0 Å². The monoisotopic (exact) mass is 525 g/mol. The lowest BCUT2D eigenvalue weighted by atomic mass is 10.0. The minimum Gasteiger partial charge on any atom is -0.477 e. The summed E-state index contributed by atoms with van der Waals surface area (Å²) >= 11 is 0.572. The summed E-state index contributed by atoms with van der Waals surface area (Å²) in [5.74, 6) is -3.22. The second-order valence-electron chi connectivity index (χ2n) is 8.13. The molecular formula is C20H20F5N3O4S2. The van der Waals surface area contributed by atoms with Crippen LogP contribution in [0.3, 0.4) is 0 Å². The van der Waals surface area contributed by atoms with E-state index in [0.717, 1.165) is 6.26 Å². The van der Waals surface area contributed by atoms with Gasteiger partial charge in [-0.05, 0) is 18.9 Å². The maximum atomic E-state index is 14.3. The smallest absolute Gasteiger partial charge is 0.443 e. The number of hydrogen-bond donors (Lipinski definition) is 0. The van der Waals surface area contributed by atoms with Crippen LogP contribution in [0.2, 0.25) is 0 Å². The molecule has 14 heteroatoms. The molecule has 0 aliphatic carbocycles. The van der Waals surface area contributed by atoms with E-state index in [2.05, 4.69) is 4.98 Å². The Kier molecular flexibility index (Phi) is 6.48.